The van der Waals surface area contributed by atoms with Crippen LogP contribution in [0.25, 0.3) is 0 Å². The molecule has 0 aromatic carbocycles. The number of aliphatic hydroxyl groups excluding tert-OH is 1. The average molecular weight is 267 g/mol. The molecular weight excluding hydrogens is 242 g/mol. The molecule has 0 aliphatic heterocycles. The maximum absolute atomic E-state index is 12.2. The molecule has 5 nitrogen and oxygen atoms in total. The summed E-state index contributed by atoms with van der Waals surface area (Å²) in [6.45, 7) is 11.5. The molecule has 0 bridgehead atoms. The van der Waals surface area contributed by atoms with Crippen LogP contribution in [-0.2, 0) is 4.79 Å². The van der Waals surface area contributed by atoms with E-state index >= 15 is 0 Å². The second-order valence-corrected chi connectivity index (χ2v) is 7.13. The summed E-state index contributed by atoms with van der Waals surface area (Å²) in [5.41, 5.74) is -0.745. The normalized spacial score (nSPS) is 16.2. The first-order chi connectivity index (χ1) is 8.53. The van der Waals surface area contributed by atoms with E-state index in [0.717, 1.165) is 0 Å². The summed E-state index contributed by atoms with van der Waals surface area (Å²) in [5, 5.41) is 14.6. The Bertz CT molecular complexity index is 413. The quantitative estimate of drug-likeness (QED) is 0.908. The number of carbonyl (C=O) groups excluding carboxylic acids is 1. The molecule has 0 aliphatic rings. The molecule has 1 aromatic heterocycles. The Morgan fingerprint density at radius 1 is 1.26 bits per heavy atom. The highest BCUT2D eigenvalue weighted by molar-refractivity contribution is 5.84. The fourth-order valence-corrected chi connectivity index (χ4v) is 1.81. The van der Waals surface area contributed by atoms with E-state index < -0.39 is 11.5 Å². The lowest BCUT2D eigenvalue weighted by Gasteiger charge is -2.33. The van der Waals surface area contributed by atoms with E-state index in [-0.39, 0.29) is 23.7 Å². The number of aliphatic hydroxyl groups is 1. The Labute approximate surface area is 115 Å². The van der Waals surface area contributed by atoms with Crippen molar-refractivity contribution in [2.24, 2.45) is 10.8 Å². The van der Waals surface area contributed by atoms with Gasteiger partial charge in [-0.05, 0) is 5.41 Å². The van der Waals surface area contributed by atoms with Gasteiger partial charge >= 0.3 is 0 Å². The standard InChI is InChI=1S/C14H25N3O2/c1-13(2,3)11(18)7-10(12(19)14(4,5)6)17-9-15-8-16-17/h8-10,12,19H,7H2,1-6H3. The molecule has 0 spiro atoms. The third-order valence-corrected chi connectivity index (χ3v) is 3.26. The molecule has 108 valence electrons. The minimum atomic E-state index is -0.666. The molecule has 0 radical (unpaired) electrons. The number of nitrogens with zero attached hydrogens (tertiary/aromatic N) is 3. The molecule has 5 heteroatoms. The van der Waals surface area contributed by atoms with Gasteiger partial charge in [0.15, 0.2) is 0 Å². The van der Waals surface area contributed by atoms with Crippen LogP contribution >= 0.6 is 0 Å². The first-order valence-corrected chi connectivity index (χ1v) is 6.59. The highest BCUT2D eigenvalue weighted by atomic mass is 16.3. The van der Waals surface area contributed by atoms with E-state index in [9.17, 15) is 9.90 Å². The Morgan fingerprint density at radius 3 is 2.21 bits per heavy atom. The lowest BCUT2D eigenvalue weighted by Crippen LogP contribution is -2.38. The molecule has 2 unspecified atom stereocenters. The van der Waals surface area contributed by atoms with Crippen molar-refractivity contribution in [2.75, 3.05) is 0 Å². The number of hydrogen-bond donors (Lipinski definition) is 1. The summed E-state index contributed by atoms with van der Waals surface area (Å²) in [6, 6.07) is -0.380. The zero-order valence-electron chi connectivity index (χ0n) is 12.7. The molecule has 1 aromatic rings. The van der Waals surface area contributed by atoms with Gasteiger partial charge < -0.3 is 5.11 Å². The van der Waals surface area contributed by atoms with Crippen LogP contribution in [-0.4, -0.2) is 31.8 Å². The van der Waals surface area contributed by atoms with Crippen molar-refractivity contribution in [2.45, 2.75) is 60.1 Å². The maximum atomic E-state index is 12.2. The van der Waals surface area contributed by atoms with Crippen molar-refractivity contribution in [3.8, 4) is 0 Å². The monoisotopic (exact) mass is 267 g/mol. The number of aromatic nitrogens is 3. The third-order valence-electron chi connectivity index (χ3n) is 3.26. The smallest absolute Gasteiger partial charge is 0.140 e. The lowest BCUT2D eigenvalue weighted by atomic mass is 9.80. The van der Waals surface area contributed by atoms with Gasteiger partial charge in [-0.3, -0.25) is 4.79 Å². The summed E-state index contributed by atoms with van der Waals surface area (Å²) in [6.07, 6.45) is 2.56. The minimum Gasteiger partial charge on any atom is -0.390 e. The van der Waals surface area contributed by atoms with Crippen molar-refractivity contribution < 1.29 is 9.90 Å². The zero-order valence-corrected chi connectivity index (χ0v) is 12.7. The van der Waals surface area contributed by atoms with Crippen LogP contribution in [0.15, 0.2) is 12.7 Å². The molecular formula is C14H25N3O2. The van der Waals surface area contributed by atoms with E-state index in [1.54, 1.807) is 11.0 Å². The summed E-state index contributed by atoms with van der Waals surface area (Å²) in [5.74, 6) is 0.108. The van der Waals surface area contributed by atoms with Gasteiger partial charge in [0.1, 0.15) is 18.4 Å². The van der Waals surface area contributed by atoms with Crippen molar-refractivity contribution in [1.29, 1.82) is 0 Å². The molecule has 0 saturated carbocycles. The van der Waals surface area contributed by atoms with Gasteiger partial charge in [0.2, 0.25) is 0 Å². The van der Waals surface area contributed by atoms with Gasteiger partial charge in [0.25, 0.3) is 0 Å². The Morgan fingerprint density at radius 2 is 1.84 bits per heavy atom. The molecule has 0 fully saturated rings. The van der Waals surface area contributed by atoms with Crippen LogP contribution in [0.3, 0.4) is 0 Å². The van der Waals surface area contributed by atoms with Gasteiger partial charge in [-0.15, -0.1) is 0 Å². The van der Waals surface area contributed by atoms with Crippen molar-refractivity contribution in [3.05, 3.63) is 12.7 Å². The van der Waals surface area contributed by atoms with Crippen LogP contribution in [0.4, 0.5) is 0 Å². The predicted molar refractivity (Wildman–Crippen MR) is 73.6 cm³/mol. The molecule has 1 heterocycles. The van der Waals surface area contributed by atoms with E-state index in [4.69, 9.17) is 0 Å². The molecule has 2 atom stereocenters. The largest absolute Gasteiger partial charge is 0.390 e. The fraction of sp³-hybridized carbons (Fsp3) is 0.786. The topological polar surface area (TPSA) is 68.0 Å². The summed E-state index contributed by atoms with van der Waals surface area (Å²) in [4.78, 5) is 16.1. The van der Waals surface area contributed by atoms with Crippen LogP contribution in [0.1, 0.15) is 54.0 Å². The van der Waals surface area contributed by atoms with Gasteiger partial charge in [-0.2, -0.15) is 5.10 Å². The number of rotatable bonds is 4. The number of Topliss-reactive ketones (excluding diaryl/α,β-unsaturated/α-hetero) is 1. The van der Waals surface area contributed by atoms with Crippen molar-refractivity contribution in [1.82, 2.24) is 14.8 Å². The minimum absolute atomic E-state index is 0.108. The zero-order chi connectivity index (χ0) is 14.8. The van der Waals surface area contributed by atoms with E-state index in [0.29, 0.717) is 0 Å². The molecule has 0 aliphatic carbocycles. The highest BCUT2D eigenvalue weighted by Crippen LogP contribution is 2.32. The lowest BCUT2D eigenvalue weighted by molar-refractivity contribution is -0.128. The second-order valence-electron chi connectivity index (χ2n) is 7.13. The maximum Gasteiger partial charge on any atom is 0.140 e. The molecule has 19 heavy (non-hydrogen) atoms. The SMILES string of the molecule is CC(C)(C)C(=O)CC(C(O)C(C)(C)C)n1cncn1. The van der Waals surface area contributed by atoms with Crippen LogP contribution < -0.4 is 0 Å². The van der Waals surface area contributed by atoms with Gasteiger partial charge in [-0.25, -0.2) is 9.67 Å². The third kappa shape index (κ3) is 4.13. The fourth-order valence-electron chi connectivity index (χ4n) is 1.81. The van der Waals surface area contributed by atoms with Crippen molar-refractivity contribution >= 4 is 5.78 Å². The average Bonchev–Trinajstić information content (AvgIpc) is 2.74. The molecule has 0 saturated heterocycles. The Kier molecular flexibility index (Phi) is 4.50. The summed E-state index contributed by atoms with van der Waals surface area (Å²) in [7, 11) is 0. The Hall–Kier alpha value is -1.23. The van der Waals surface area contributed by atoms with Gasteiger partial charge in [0.05, 0.1) is 12.1 Å². The number of carbonyl (C=O) groups is 1. The summed E-state index contributed by atoms with van der Waals surface area (Å²) >= 11 is 0. The first-order valence-electron chi connectivity index (χ1n) is 6.59. The predicted octanol–water partition coefficient (Wildman–Crippen LogP) is 2.23. The first kappa shape index (κ1) is 15.8. The highest BCUT2D eigenvalue weighted by Gasteiger charge is 2.35. The molecule has 1 rings (SSSR count). The van der Waals surface area contributed by atoms with Gasteiger partial charge in [0, 0.05) is 11.8 Å². The number of hydrogen-bond acceptors (Lipinski definition) is 4. The van der Waals surface area contributed by atoms with Crippen molar-refractivity contribution in [3.63, 3.8) is 0 Å². The van der Waals surface area contributed by atoms with E-state index in [1.807, 2.05) is 41.5 Å². The van der Waals surface area contributed by atoms with Crippen LogP contribution in [0.5, 0.6) is 0 Å². The summed E-state index contributed by atoms with van der Waals surface area (Å²) < 4.78 is 1.58. The molecule has 1 N–H and O–H groups in total. The molecule has 0 amide bonds. The second kappa shape index (κ2) is 5.41. The van der Waals surface area contributed by atoms with Gasteiger partial charge in [-0.1, -0.05) is 41.5 Å². The van der Waals surface area contributed by atoms with E-state index in [1.165, 1.54) is 6.33 Å². The van der Waals surface area contributed by atoms with Crippen LogP contribution in [0.2, 0.25) is 0 Å². The number of ketones is 1. The van der Waals surface area contributed by atoms with Crippen LogP contribution in [0, 0.1) is 10.8 Å². The Balaban J connectivity index is 2.99. The van der Waals surface area contributed by atoms with E-state index in [2.05, 4.69) is 10.1 Å².